The molecule has 0 atom stereocenters. The summed E-state index contributed by atoms with van der Waals surface area (Å²) < 4.78 is 5.39. The Hall–Kier alpha value is -1.40. The third-order valence-corrected chi connectivity index (χ3v) is 2.98. The lowest BCUT2D eigenvalue weighted by atomic mass is 10.4. The first kappa shape index (κ1) is 11.1. The molecule has 0 aliphatic carbocycles. The fourth-order valence-electron chi connectivity index (χ4n) is 1.18. The second-order valence-electron chi connectivity index (χ2n) is 2.91. The lowest BCUT2D eigenvalue weighted by Crippen LogP contribution is -2.15. The number of rotatable bonds is 3. The quantitative estimate of drug-likeness (QED) is 0.672. The van der Waals surface area contributed by atoms with Gasteiger partial charge >= 0.3 is 5.97 Å². The maximum atomic E-state index is 11.0. The van der Waals surface area contributed by atoms with E-state index in [1.807, 2.05) is 11.4 Å². The van der Waals surface area contributed by atoms with Crippen molar-refractivity contribution in [3.63, 3.8) is 0 Å². The number of hydrogen-bond acceptors (Lipinski definition) is 6. The van der Waals surface area contributed by atoms with Gasteiger partial charge in [-0.15, -0.1) is 11.3 Å². The number of methoxy groups -OCH3 is 1. The SMILES string of the molecule is COC(=O)CNc1nc(Cl)nc2ccsc12. The van der Waals surface area contributed by atoms with Gasteiger partial charge in [0.05, 0.1) is 17.3 Å². The van der Waals surface area contributed by atoms with Gasteiger partial charge in [-0.25, -0.2) is 4.98 Å². The number of thiophene rings is 1. The molecule has 2 heterocycles. The number of anilines is 1. The largest absolute Gasteiger partial charge is 0.468 e. The van der Waals surface area contributed by atoms with E-state index in [4.69, 9.17) is 11.6 Å². The van der Waals surface area contributed by atoms with Crippen LogP contribution in [0.5, 0.6) is 0 Å². The summed E-state index contributed by atoms with van der Waals surface area (Å²) in [6.07, 6.45) is 0. The Kier molecular flexibility index (Phi) is 3.21. The molecular formula is C9H8ClN3O2S. The van der Waals surface area contributed by atoms with Crippen LogP contribution in [0.15, 0.2) is 11.4 Å². The maximum Gasteiger partial charge on any atom is 0.325 e. The van der Waals surface area contributed by atoms with Gasteiger partial charge in [0.15, 0.2) is 0 Å². The summed E-state index contributed by atoms with van der Waals surface area (Å²) in [4.78, 5) is 19.1. The molecule has 2 aromatic rings. The van der Waals surface area contributed by atoms with E-state index in [9.17, 15) is 4.79 Å². The van der Waals surface area contributed by atoms with E-state index in [2.05, 4.69) is 20.0 Å². The monoisotopic (exact) mass is 257 g/mol. The summed E-state index contributed by atoms with van der Waals surface area (Å²) in [5.74, 6) is 0.190. The number of hydrogen-bond donors (Lipinski definition) is 1. The van der Waals surface area contributed by atoms with Gasteiger partial charge in [-0.2, -0.15) is 4.98 Å². The number of fused-ring (bicyclic) bond motifs is 1. The Bertz CT molecular complexity index is 528. The molecule has 1 N–H and O–H groups in total. The highest BCUT2D eigenvalue weighted by Crippen LogP contribution is 2.26. The smallest absolute Gasteiger partial charge is 0.325 e. The van der Waals surface area contributed by atoms with Gasteiger partial charge in [-0.1, -0.05) is 0 Å². The summed E-state index contributed by atoms with van der Waals surface area (Å²) >= 11 is 7.24. The van der Waals surface area contributed by atoms with Crippen LogP contribution in [0.4, 0.5) is 5.82 Å². The highest BCUT2D eigenvalue weighted by atomic mass is 35.5. The average molecular weight is 258 g/mol. The molecule has 0 aromatic carbocycles. The molecule has 0 aliphatic heterocycles. The van der Waals surface area contributed by atoms with Crippen LogP contribution >= 0.6 is 22.9 Å². The topological polar surface area (TPSA) is 64.1 Å². The standard InChI is InChI=1S/C9H8ClN3O2S/c1-15-6(14)4-11-8-7-5(2-3-16-7)12-9(10)13-8/h2-3H,4H2,1H3,(H,11,12,13). The molecule has 84 valence electrons. The Balaban J connectivity index is 2.28. The lowest BCUT2D eigenvalue weighted by Gasteiger charge is -2.05. The molecule has 0 saturated heterocycles. The Morgan fingerprint density at radius 2 is 2.44 bits per heavy atom. The second kappa shape index (κ2) is 4.63. The highest BCUT2D eigenvalue weighted by Gasteiger charge is 2.09. The predicted molar refractivity (Wildman–Crippen MR) is 62.9 cm³/mol. The molecule has 0 radical (unpaired) electrons. The Labute approximate surface area is 100 Å². The first-order valence-corrected chi connectivity index (χ1v) is 5.68. The fraction of sp³-hybridized carbons (Fsp3) is 0.222. The van der Waals surface area contributed by atoms with Gasteiger partial charge in [0.25, 0.3) is 0 Å². The number of nitrogens with one attached hydrogen (secondary N) is 1. The predicted octanol–water partition coefficient (Wildman–Crippen LogP) is 1.93. The minimum absolute atomic E-state index is 0.0524. The van der Waals surface area contributed by atoms with Crippen molar-refractivity contribution in [2.75, 3.05) is 19.0 Å². The molecule has 0 fully saturated rings. The normalized spacial score (nSPS) is 10.4. The van der Waals surface area contributed by atoms with Crippen LogP contribution in [0.3, 0.4) is 0 Å². The number of nitrogens with zero attached hydrogens (tertiary/aromatic N) is 2. The fourth-order valence-corrected chi connectivity index (χ4v) is 2.16. The molecule has 0 bridgehead atoms. The van der Waals surface area contributed by atoms with E-state index in [0.717, 1.165) is 10.2 Å². The third-order valence-electron chi connectivity index (χ3n) is 1.90. The minimum Gasteiger partial charge on any atom is -0.468 e. The zero-order valence-electron chi connectivity index (χ0n) is 8.36. The Morgan fingerprint density at radius 1 is 1.62 bits per heavy atom. The van der Waals surface area contributed by atoms with E-state index in [1.54, 1.807) is 0 Å². The highest BCUT2D eigenvalue weighted by molar-refractivity contribution is 7.17. The molecule has 2 rings (SSSR count). The molecule has 5 nitrogen and oxygen atoms in total. The zero-order valence-corrected chi connectivity index (χ0v) is 9.93. The summed E-state index contributed by atoms with van der Waals surface area (Å²) in [5.41, 5.74) is 0.761. The summed E-state index contributed by atoms with van der Waals surface area (Å²) in [7, 11) is 1.33. The number of ether oxygens (including phenoxy) is 1. The Morgan fingerprint density at radius 3 is 3.19 bits per heavy atom. The summed E-state index contributed by atoms with van der Waals surface area (Å²) in [6.45, 7) is 0.0524. The number of esters is 1. The average Bonchev–Trinajstić information content (AvgIpc) is 2.73. The number of carbonyl (C=O) groups excluding carboxylic acids is 1. The second-order valence-corrected chi connectivity index (χ2v) is 4.16. The van der Waals surface area contributed by atoms with E-state index in [0.29, 0.717) is 5.82 Å². The van der Waals surface area contributed by atoms with Crippen molar-refractivity contribution in [1.82, 2.24) is 9.97 Å². The summed E-state index contributed by atoms with van der Waals surface area (Å²) in [5, 5.41) is 4.90. The van der Waals surface area contributed by atoms with Crippen LogP contribution < -0.4 is 5.32 Å². The molecule has 7 heteroatoms. The van der Waals surface area contributed by atoms with Crippen LogP contribution in [-0.4, -0.2) is 29.6 Å². The van der Waals surface area contributed by atoms with Crippen molar-refractivity contribution in [1.29, 1.82) is 0 Å². The van der Waals surface area contributed by atoms with Crippen molar-refractivity contribution in [3.8, 4) is 0 Å². The van der Waals surface area contributed by atoms with Crippen LogP contribution in [0.2, 0.25) is 5.28 Å². The first-order chi connectivity index (χ1) is 7.70. The molecule has 0 amide bonds. The van der Waals surface area contributed by atoms with Crippen LogP contribution in [0, 0.1) is 0 Å². The molecule has 0 unspecified atom stereocenters. The number of aromatic nitrogens is 2. The van der Waals surface area contributed by atoms with Crippen molar-refractivity contribution >= 4 is 44.9 Å². The minimum atomic E-state index is -0.362. The van der Waals surface area contributed by atoms with Gasteiger partial charge in [-0.05, 0) is 23.0 Å². The van der Waals surface area contributed by atoms with Crippen molar-refractivity contribution in [2.45, 2.75) is 0 Å². The van der Waals surface area contributed by atoms with Crippen LogP contribution in [-0.2, 0) is 9.53 Å². The van der Waals surface area contributed by atoms with Crippen molar-refractivity contribution in [3.05, 3.63) is 16.7 Å². The van der Waals surface area contributed by atoms with Crippen molar-refractivity contribution < 1.29 is 9.53 Å². The summed E-state index contributed by atoms with van der Waals surface area (Å²) in [6, 6.07) is 1.84. The molecule has 2 aromatic heterocycles. The lowest BCUT2D eigenvalue weighted by molar-refractivity contribution is -0.138. The maximum absolute atomic E-state index is 11.0. The van der Waals surface area contributed by atoms with Gasteiger partial charge in [0.1, 0.15) is 12.4 Å². The molecule has 0 aliphatic rings. The van der Waals surface area contributed by atoms with Gasteiger partial charge in [0, 0.05) is 0 Å². The van der Waals surface area contributed by atoms with Crippen molar-refractivity contribution in [2.24, 2.45) is 0 Å². The van der Waals surface area contributed by atoms with Gasteiger partial charge in [0.2, 0.25) is 5.28 Å². The van der Waals surface area contributed by atoms with Crippen LogP contribution in [0.1, 0.15) is 0 Å². The van der Waals surface area contributed by atoms with E-state index < -0.39 is 0 Å². The first-order valence-electron chi connectivity index (χ1n) is 4.42. The molecule has 16 heavy (non-hydrogen) atoms. The molecule has 0 spiro atoms. The van der Waals surface area contributed by atoms with E-state index >= 15 is 0 Å². The zero-order chi connectivity index (χ0) is 11.5. The molecular weight excluding hydrogens is 250 g/mol. The third kappa shape index (κ3) is 2.23. The van der Waals surface area contributed by atoms with Gasteiger partial charge in [-0.3, -0.25) is 4.79 Å². The van der Waals surface area contributed by atoms with E-state index in [1.165, 1.54) is 18.4 Å². The number of carbonyl (C=O) groups is 1. The van der Waals surface area contributed by atoms with Gasteiger partial charge < -0.3 is 10.1 Å². The van der Waals surface area contributed by atoms with E-state index in [-0.39, 0.29) is 17.8 Å². The van der Waals surface area contributed by atoms with Crippen LogP contribution in [0.25, 0.3) is 10.2 Å². The molecule has 0 saturated carbocycles. The number of halogens is 1.